The number of ether oxygens (including phenoxy) is 1. The van der Waals surface area contributed by atoms with Gasteiger partial charge in [-0.05, 0) is 32.9 Å². The summed E-state index contributed by atoms with van der Waals surface area (Å²) in [6.07, 6.45) is 3.93. The molecule has 0 aromatic rings. The van der Waals surface area contributed by atoms with Gasteiger partial charge in [0.2, 0.25) is 0 Å². The minimum atomic E-state index is -0.532. The standard InChI is InChI=1S/C13H22N2O3/c1-11(16)12(10-14(2)3)13(17)18-9-8-15-6-4-5-7-15/h10H,4-9H2,1-3H3/b12-10-. The fraction of sp³-hybridized carbons (Fsp3) is 0.692. The molecule has 1 fully saturated rings. The molecule has 5 heteroatoms. The van der Waals surface area contributed by atoms with Crippen molar-refractivity contribution in [3.63, 3.8) is 0 Å². The predicted octanol–water partition coefficient (Wildman–Crippen LogP) is 0.660. The minimum Gasteiger partial charge on any atom is -0.461 e. The Balaban J connectivity index is 2.39. The van der Waals surface area contributed by atoms with Crippen molar-refractivity contribution < 1.29 is 14.3 Å². The number of nitrogens with zero attached hydrogens (tertiary/aromatic N) is 2. The van der Waals surface area contributed by atoms with E-state index in [9.17, 15) is 9.59 Å². The van der Waals surface area contributed by atoms with Crippen LogP contribution < -0.4 is 0 Å². The second kappa shape index (κ2) is 7.16. The van der Waals surface area contributed by atoms with Crippen molar-refractivity contribution in [2.75, 3.05) is 40.3 Å². The normalized spacial score (nSPS) is 16.7. The summed E-state index contributed by atoms with van der Waals surface area (Å²) >= 11 is 0. The van der Waals surface area contributed by atoms with Crippen molar-refractivity contribution in [3.05, 3.63) is 11.8 Å². The number of carbonyl (C=O) groups excluding carboxylic acids is 2. The predicted molar refractivity (Wildman–Crippen MR) is 69.1 cm³/mol. The molecule has 5 nitrogen and oxygen atoms in total. The maximum absolute atomic E-state index is 11.7. The fourth-order valence-electron chi connectivity index (χ4n) is 1.90. The number of likely N-dealkylation sites (tertiary alicyclic amines) is 1. The second-order valence-corrected chi connectivity index (χ2v) is 4.75. The highest BCUT2D eigenvalue weighted by atomic mass is 16.5. The zero-order valence-electron chi connectivity index (χ0n) is 11.4. The van der Waals surface area contributed by atoms with Crippen molar-refractivity contribution in [3.8, 4) is 0 Å². The lowest BCUT2D eigenvalue weighted by Gasteiger charge is -2.15. The number of hydrogen-bond donors (Lipinski definition) is 0. The molecule has 0 saturated carbocycles. The first kappa shape index (κ1) is 14.7. The highest BCUT2D eigenvalue weighted by Crippen LogP contribution is 2.07. The maximum atomic E-state index is 11.7. The van der Waals surface area contributed by atoms with Crippen LogP contribution in [0.2, 0.25) is 0 Å². The van der Waals surface area contributed by atoms with Crippen molar-refractivity contribution in [2.45, 2.75) is 19.8 Å². The molecule has 0 amide bonds. The van der Waals surface area contributed by atoms with Crippen LogP contribution in [-0.4, -0.2) is 61.9 Å². The SMILES string of the molecule is CC(=O)/C(=C/N(C)C)C(=O)OCCN1CCCC1. The van der Waals surface area contributed by atoms with Gasteiger partial charge >= 0.3 is 5.97 Å². The average Bonchev–Trinajstić information content (AvgIpc) is 2.78. The summed E-state index contributed by atoms with van der Waals surface area (Å²) in [6, 6.07) is 0. The third-order valence-corrected chi connectivity index (χ3v) is 2.83. The van der Waals surface area contributed by atoms with E-state index >= 15 is 0 Å². The first-order valence-corrected chi connectivity index (χ1v) is 6.29. The molecule has 0 aromatic carbocycles. The Kier molecular flexibility index (Phi) is 5.85. The lowest BCUT2D eigenvalue weighted by molar-refractivity contribution is -0.140. The number of ketones is 1. The minimum absolute atomic E-state index is 0.0985. The van der Waals surface area contributed by atoms with E-state index in [-0.39, 0.29) is 11.4 Å². The quantitative estimate of drug-likeness (QED) is 0.302. The maximum Gasteiger partial charge on any atom is 0.343 e. The molecule has 18 heavy (non-hydrogen) atoms. The van der Waals surface area contributed by atoms with Gasteiger partial charge in [0.1, 0.15) is 12.2 Å². The average molecular weight is 254 g/mol. The molecule has 1 heterocycles. The Morgan fingerprint density at radius 1 is 1.28 bits per heavy atom. The molecule has 1 aliphatic rings. The Labute approximate surface area is 108 Å². The molecule has 0 aromatic heterocycles. The molecule has 1 aliphatic heterocycles. The van der Waals surface area contributed by atoms with E-state index in [2.05, 4.69) is 4.90 Å². The van der Waals surface area contributed by atoms with Crippen molar-refractivity contribution in [1.82, 2.24) is 9.80 Å². The highest BCUT2D eigenvalue weighted by Gasteiger charge is 2.17. The molecule has 1 saturated heterocycles. The largest absolute Gasteiger partial charge is 0.461 e. The Bertz CT molecular complexity index is 331. The zero-order valence-corrected chi connectivity index (χ0v) is 11.4. The van der Waals surface area contributed by atoms with E-state index in [1.165, 1.54) is 26.0 Å². The fourth-order valence-corrected chi connectivity index (χ4v) is 1.90. The van der Waals surface area contributed by atoms with Crippen LogP contribution in [-0.2, 0) is 14.3 Å². The topological polar surface area (TPSA) is 49.9 Å². The summed E-state index contributed by atoms with van der Waals surface area (Å²) in [5, 5.41) is 0. The summed E-state index contributed by atoms with van der Waals surface area (Å²) in [5.41, 5.74) is 0.0985. The monoisotopic (exact) mass is 254 g/mol. The Morgan fingerprint density at radius 3 is 2.39 bits per heavy atom. The molecule has 0 radical (unpaired) electrons. The molecule has 102 valence electrons. The summed E-state index contributed by atoms with van der Waals surface area (Å²) in [4.78, 5) is 27.0. The van der Waals surface area contributed by atoms with Crippen molar-refractivity contribution in [1.29, 1.82) is 0 Å². The van der Waals surface area contributed by atoms with Crippen LogP contribution in [0.4, 0.5) is 0 Å². The molecule has 1 rings (SSSR count). The van der Waals surface area contributed by atoms with Gasteiger partial charge in [-0.2, -0.15) is 0 Å². The van der Waals surface area contributed by atoms with E-state index in [4.69, 9.17) is 4.74 Å². The lowest BCUT2D eigenvalue weighted by atomic mass is 10.2. The van der Waals surface area contributed by atoms with Gasteiger partial charge in [-0.1, -0.05) is 0 Å². The van der Waals surface area contributed by atoms with Gasteiger partial charge in [-0.15, -0.1) is 0 Å². The molecule has 0 aliphatic carbocycles. The molecule has 0 spiro atoms. The summed E-state index contributed by atoms with van der Waals surface area (Å²) in [7, 11) is 3.53. The highest BCUT2D eigenvalue weighted by molar-refractivity contribution is 6.16. The molecule has 0 bridgehead atoms. The molecular formula is C13H22N2O3. The Morgan fingerprint density at radius 2 is 1.89 bits per heavy atom. The van der Waals surface area contributed by atoms with Gasteiger partial charge in [0.15, 0.2) is 5.78 Å². The van der Waals surface area contributed by atoms with Gasteiger partial charge in [-0.25, -0.2) is 4.79 Å². The molecular weight excluding hydrogens is 232 g/mol. The van der Waals surface area contributed by atoms with E-state index in [0.717, 1.165) is 19.6 Å². The van der Waals surface area contributed by atoms with Gasteiger partial charge in [0, 0.05) is 26.8 Å². The van der Waals surface area contributed by atoms with E-state index < -0.39 is 5.97 Å². The first-order chi connectivity index (χ1) is 8.50. The van der Waals surface area contributed by atoms with Crippen LogP contribution in [0.1, 0.15) is 19.8 Å². The van der Waals surface area contributed by atoms with Crippen LogP contribution in [0.25, 0.3) is 0 Å². The van der Waals surface area contributed by atoms with Gasteiger partial charge in [0.05, 0.1) is 0 Å². The zero-order chi connectivity index (χ0) is 13.5. The van der Waals surface area contributed by atoms with Gasteiger partial charge in [0.25, 0.3) is 0 Å². The van der Waals surface area contributed by atoms with Crippen LogP contribution in [0.15, 0.2) is 11.8 Å². The van der Waals surface area contributed by atoms with Crippen LogP contribution in [0.5, 0.6) is 0 Å². The number of Topliss-reactive ketones (excluding diaryl/α,β-unsaturated/α-hetero) is 1. The summed E-state index contributed by atoms with van der Waals surface area (Å²) < 4.78 is 5.13. The number of carbonyl (C=O) groups is 2. The van der Waals surface area contributed by atoms with Crippen molar-refractivity contribution >= 4 is 11.8 Å². The summed E-state index contributed by atoms with van der Waals surface area (Å²) in [6.45, 7) is 4.61. The van der Waals surface area contributed by atoms with E-state index in [1.807, 2.05) is 0 Å². The van der Waals surface area contributed by atoms with Gasteiger partial charge in [-0.3, -0.25) is 9.69 Å². The van der Waals surface area contributed by atoms with Crippen LogP contribution >= 0.6 is 0 Å². The molecule has 0 unspecified atom stereocenters. The van der Waals surface area contributed by atoms with Gasteiger partial charge < -0.3 is 9.64 Å². The third kappa shape index (κ3) is 4.87. The summed E-state index contributed by atoms with van der Waals surface area (Å²) in [5.74, 6) is -0.801. The Hall–Kier alpha value is -1.36. The van der Waals surface area contributed by atoms with E-state index in [0.29, 0.717) is 6.61 Å². The smallest absolute Gasteiger partial charge is 0.343 e. The molecule has 0 N–H and O–H groups in total. The van der Waals surface area contributed by atoms with E-state index in [1.54, 1.807) is 19.0 Å². The van der Waals surface area contributed by atoms with Crippen molar-refractivity contribution in [2.24, 2.45) is 0 Å². The lowest BCUT2D eigenvalue weighted by Crippen LogP contribution is -2.26. The molecule has 0 atom stereocenters. The first-order valence-electron chi connectivity index (χ1n) is 6.29. The number of rotatable bonds is 6. The number of hydrogen-bond acceptors (Lipinski definition) is 5. The third-order valence-electron chi connectivity index (χ3n) is 2.83. The van der Waals surface area contributed by atoms with Crippen LogP contribution in [0.3, 0.4) is 0 Å². The number of esters is 1. The second-order valence-electron chi connectivity index (χ2n) is 4.75. The van der Waals surface area contributed by atoms with Crippen LogP contribution in [0, 0.1) is 0 Å².